The molecule has 1 fully saturated rings. The zero-order chi connectivity index (χ0) is 18.4. The normalized spacial score (nSPS) is 23.2. The maximum atomic E-state index is 12.3. The van der Waals surface area contributed by atoms with Crippen LogP contribution in [0.5, 0.6) is 0 Å². The number of aliphatic hydroxyl groups is 2. The molecule has 3 N–H and O–H groups in total. The van der Waals surface area contributed by atoms with Crippen LogP contribution < -0.4 is 0 Å². The third-order valence-corrected chi connectivity index (χ3v) is 4.41. The van der Waals surface area contributed by atoms with E-state index in [1.165, 1.54) is 0 Å². The lowest BCUT2D eigenvalue weighted by atomic mass is 10.0. The van der Waals surface area contributed by atoms with Crippen molar-refractivity contribution in [3.8, 4) is 0 Å². The molecule has 2 rings (SSSR count). The Morgan fingerprint density at radius 1 is 1.32 bits per heavy atom. The molecule has 6 nitrogen and oxygen atoms in total. The quantitative estimate of drug-likeness (QED) is 0.620. The molecule has 1 amide bonds. The van der Waals surface area contributed by atoms with Gasteiger partial charge in [-0.3, -0.25) is 9.59 Å². The fraction of sp³-hybridized carbons (Fsp3) is 0.474. The maximum absolute atomic E-state index is 12.3. The van der Waals surface area contributed by atoms with Crippen molar-refractivity contribution in [2.24, 2.45) is 5.92 Å². The monoisotopic (exact) mass is 347 g/mol. The standard InChI is InChI=1S/C19H25NO5/c1-13-9-18(23)20(12-14-5-3-2-4-6-14)17(13)8-7-15(21)10-16(22)11-19(24)25/h2-8,13,15-17,21-22H,9-12H2,1H3,(H,24,25)/t13-,15-,16-,17+/m1/s1. The van der Waals surface area contributed by atoms with Crippen LogP contribution in [0.4, 0.5) is 0 Å². The molecular formula is C19H25NO5. The van der Waals surface area contributed by atoms with Crippen molar-refractivity contribution >= 4 is 11.9 Å². The largest absolute Gasteiger partial charge is 0.481 e. The van der Waals surface area contributed by atoms with Crippen LogP contribution in [-0.4, -0.2) is 50.3 Å². The Morgan fingerprint density at radius 3 is 2.64 bits per heavy atom. The van der Waals surface area contributed by atoms with E-state index in [-0.39, 0.29) is 24.3 Å². The van der Waals surface area contributed by atoms with Crippen LogP contribution in [0.15, 0.2) is 42.5 Å². The molecule has 1 heterocycles. The Balaban J connectivity index is 1.99. The van der Waals surface area contributed by atoms with Crippen molar-refractivity contribution in [2.75, 3.05) is 0 Å². The van der Waals surface area contributed by atoms with Gasteiger partial charge in [0.15, 0.2) is 0 Å². The second-order valence-corrected chi connectivity index (χ2v) is 6.62. The molecule has 1 aromatic carbocycles. The van der Waals surface area contributed by atoms with Crippen LogP contribution in [0.3, 0.4) is 0 Å². The first-order valence-electron chi connectivity index (χ1n) is 8.46. The van der Waals surface area contributed by atoms with Crippen molar-refractivity contribution < 1.29 is 24.9 Å². The Bertz CT molecular complexity index is 616. The number of aliphatic carboxylic acids is 1. The first-order chi connectivity index (χ1) is 11.9. The minimum atomic E-state index is -1.10. The van der Waals surface area contributed by atoms with Crippen LogP contribution in [0.25, 0.3) is 0 Å². The van der Waals surface area contributed by atoms with Crippen LogP contribution in [0.2, 0.25) is 0 Å². The molecule has 0 saturated carbocycles. The van der Waals surface area contributed by atoms with Gasteiger partial charge in [0, 0.05) is 19.4 Å². The van der Waals surface area contributed by atoms with E-state index in [2.05, 4.69) is 0 Å². The van der Waals surface area contributed by atoms with Crippen molar-refractivity contribution in [1.29, 1.82) is 0 Å². The second-order valence-electron chi connectivity index (χ2n) is 6.62. The number of carbonyl (C=O) groups is 2. The molecule has 136 valence electrons. The molecule has 1 aliphatic rings. The third kappa shape index (κ3) is 5.69. The third-order valence-electron chi connectivity index (χ3n) is 4.41. The lowest BCUT2D eigenvalue weighted by Gasteiger charge is -2.25. The van der Waals surface area contributed by atoms with Crippen LogP contribution in [-0.2, 0) is 16.1 Å². The van der Waals surface area contributed by atoms with Gasteiger partial charge in [0.25, 0.3) is 0 Å². The highest BCUT2D eigenvalue weighted by Crippen LogP contribution is 2.28. The first-order valence-corrected chi connectivity index (χ1v) is 8.46. The van der Waals surface area contributed by atoms with Gasteiger partial charge in [-0.1, -0.05) is 49.4 Å². The zero-order valence-corrected chi connectivity index (χ0v) is 14.3. The predicted octanol–water partition coefficient (Wildman–Crippen LogP) is 1.57. The van der Waals surface area contributed by atoms with Gasteiger partial charge in [-0.05, 0) is 11.5 Å². The molecule has 0 aliphatic carbocycles. The molecule has 0 spiro atoms. The van der Waals surface area contributed by atoms with E-state index in [0.717, 1.165) is 5.56 Å². The fourth-order valence-corrected chi connectivity index (χ4v) is 3.14. The van der Waals surface area contributed by atoms with Gasteiger partial charge >= 0.3 is 5.97 Å². The summed E-state index contributed by atoms with van der Waals surface area (Å²) in [6.07, 6.45) is 1.30. The Kier molecular flexibility index (Phi) is 6.73. The molecule has 6 heteroatoms. The molecule has 0 aromatic heterocycles. The molecule has 1 aliphatic heterocycles. The number of carboxylic acids is 1. The predicted molar refractivity (Wildman–Crippen MR) is 92.6 cm³/mol. The average molecular weight is 347 g/mol. The highest BCUT2D eigenvalue weighted by molar-refractivity contribution is 5.79. The number of aliphatic hydroxyl groups excluding tert-OH is 2. The number of benzene rings is 1. The van der Waals surface area contributed by atoms with Crippen molar-refractivity contribution in [1.82, 2.24) is 4.90 Å². The zero-order valence-electron chi connectivity index (χ0n) is 14.3. The summed E-state index contributed by atoms with van der Waals surface area (Å²) in [4.78, 5) is 24.6. The Labute approximate surface area is 147 Å². The highest BCUT2D eigenvalue weighted by Gasteiger charge is 2.35. The summed E-state index contributed by atoms with van der Waals surface area (Å²) in [5.74, 6) is -0.900. The number of rotatable bonds is 8. The molecule has 0 unspecified atom stereocenters. The lowest BCUT2D eigenvalue weighted by Crippen LogP contribution is -2.33. The van der Waals surface area contributed by atoms with Crippen LogP contribution in [0, 0.1) is 5.92 Å². The topological polar surface area (TPSA) is 98.1 Å². The number of hydrogen-bond acceptors (Lipinski definition) is 4. The highest BCUT2D eigenvalue weighted by atomic mass is 16.4. The molecule has 0 radical (unpaired) electrons. The Morgan fingerprint density at radius 2 is 2.00 bits per heavy atom. The van der Waals surface area contributed by atoms with Gasteiger partial charge in [0.2, 0.25) is 5.91 Å². The van der Waals surface area contributed by atoms with Gasteiger partial charge in [0.05, 0.1) is 24.7 Å². The van der Waals surface area contributed by atoms with Gasteiger partial charge in [0.1, 0.15) is 0 Å². The Hall–Kier alpha value is -2.18. The summed E-state index contributed by atoms with van der Waals surface area (Å²) in [7, 11) is 0. The van der Waals surface area contributed by atoms with Crippen molar-refractivity contribution in [3.05, 3.63) is 48.0 Å². The van der Waals surface area contributed by atoms with Crippen LogP contribution >= 0.6 is 0 Å². The number of carboxylic acid groups (broad SMARTS) is 1. The molecule has 1 aromatic rings. The van der Waals surface area contributed by atoms with Gasteiger partial charge in [-0.15, -0.1) is 0 Å². The van der Waals surface area contributed by atoms with Gasteiger partial charge < -0.3 is 20.2 Å². The molecule has 1 saturated heterocycles. The van der Waals surface area contributed by atoms with E-state index in [9.17, 15) is 19.8 Å². The number of amides is 1. The minimum absolute atomic E-state index is 0.0451. The molecule has 0 bridgehead atoms. The minimum Gasteiger partial charge on any atom is -0.481 e. The second kappa shape index (κ2) is 8.78. The van der Waals surface area contributed by atoms with E-state index < -0.39 is 24.6 Å². The van der Waals surface area contributed by atoms with E-state index >= 15 is 0 Å². The smallest absolute Gasteiger partial charge is 0.305 e. The number of nitrogens with zero attached hydrogens (tertiary/aromatic N) is 1. The van der Waals surface area contributed by atoms with Crippen LogP contribution in [0.1, 0.15) is 31.7 Å². The summed E-state index contributed by atoms with van der Waals surface area (Å²) in [5, 5.41) is 28.2. The van der Waals surface area contributed by atoms with Crippen molar-refractivity contribution in [3.63, 3.8) is 0 Å². The summed E-state index contributed by atoms with van der Waals surface area (Å²) in [6, 6.07) is 9.59. The van der Waals surface area contributed by atoms with Gasteiger partial charge in [-0.2, -0.15) is 0 Å². The van der Waals surface area contributed by atoms with E-state index in [1.807, 2.05) is 37.3 Å². The van der Waals surface area contributed by atoms with Crippen molar-refractivity contribution in [2.45, 2.75) is 51.0 Å². The van der Waals surface area contributed by atoms with E-state index in [1.54, 1.807) is 17.1 Å². The number of likely N-dealkylation sites (tertiary alicyclic amines) is 1. The molecule has 25 heavy (non-hydrogen) atoms. The lowest BCUT2D eigenvalue weighted by molar-refractivity contribution is -0.139. The summed E-state index contributed by atoms with van der Waals surface area (Å²) in [5.41, 5.74) is 1.04. The SMILES string of the molecule is C[C@@H]1CC(=O)N(Cc2ccccc2)[C@H]1C=C[C@@H](O)C[C@@H](O)CC(=O)O. The number of carbonyl (C=O) groups excluding carboxylic acids is 1. The van der Waals surface area contributed by atoms with E-state index in [0.29, 0.717) is 13.0 Å². The molecule has 4 atom stereocenters. The fourth-order valence-electron chi connectivity index (χ4n) is 3.14. The first kappa shape index (κ1) is 19.1. The average Bonchev–Trinajstić information content (AvgIpc) is 2.79. The van der Waals surface area contributed by atoms with E-state index in [4.69, 9.17) is 5.11 Å². The maximum Gasteiger partial charge on any atom is 0.305 e. The summed E-state index contributed by atoms with van der Waals surface area (Å²) in [6.45, 7) is 2.50. The summed E-state index contributed by atoms with van der Waals surface area (Å²) < 4.78 is 0. The number of hydrogen-bond donors (Lipinski definition) is 3. The molecular weight excluding hydrogens is 322 g/mol. The summed E-state index contributed by atoms with van der Waals surface area (Å²) >= 11 is 0. The van der Waals surface area contributed by atoms with Gasteiger partial charge in [-0.25, -0.2) is 0 Å².